The molecule has 0 fully saturated rings. The van der Waals surface area contributed by atoms with Gasteiger partial charge in [-0.3, -0.25) is 14.8 Å². The highest BCUT2D eigenvalue weighted by molar-refractivity contribution is 9.10. The second-order valence-corrected chi connectivity index (χ2v) is 6.13. The van der Waals surface area contributed by atoms with Crippen LogP contribution < -0.4 is 5.32 Å². The highest BCUT2D eigenvalue weighted by Crippen LogP contribution is 2.20. The van der Waals surface area contributed by atoms with Crippen LogP contribution in [0, 0.1) is 0 Å². The molecule has 0 aromatic carbocycles. The Bertz CT molecular complexity index is 624. The molecule has 2 heterocycles. The molecule has 2 rings (SSSR count). The van der Waals surface area contributed by atoms with Crippen molar-refractivity contribution in [1.29, 1.82) is 0 Å². The number of aryl methyl sites for hydroxylation is 1. The standard InChI is InChI=1S/C12H17BrN6O/c1-5-18-9(8(13)6-15-18)10(20)17-11-14-7-16-19(11)12(2,3)4/h6-7H,5H2,1-4H3,(H,14,16,17,20). The first kappa shape index (κ1) is 14.7. The Morgan fingerprint density at radius 1 is 1.40 bits per heavy atom. The predicted octanol–water partition coefficient (Wildman–Crippen LogP) is 2.26. The number of carbonyl (C=O) groups excluding carboxylic acids is 1. The Kier molecular flexibility index (Phi) is 3.94. The minimum absolute atomic E-state index is 0.263. The minimum atomic E-state index is -0.269. The summed E-state index contributed by atoms with van der Waals surface area (Å²) < 4.78 is 3.95. The van der Waals surface area contributed by atoms with Crippen LogP contribution in [0.2, 0.25) is 0 Å². The lowest BCUT2D eigenvalue weighted by Gasteiger charge is -2.21. The summed E-state index contributed by atoms with van der Waals surface area (Å²) in [5.74, 6) is 0.146. The van der Waals surface area contributed by atoms with Crippen LogP contribution in [0.25, 0.3) is 0 Å². The molecular formula is C12H17BrN6O. The molecule has 0 unspecified atom stereocenters. The average Bonchev–Trinajstić information content (AvgIpc) is 2.94. The molecule has 2 aromatic heterocycles. The Morgan fingerprint density at radius 2 is 2.10 bits per heavy atom. The van der Waals surface area contributed by atoms with E-state index in [-0.39, 0.29) is 11.4 Å². The molecule has 0 saturated heterocycles. The summed E-state index contributed by atoms with van der Waals surface area (Å²) in [5.41, 5.74) is 0.206. The van der Waals surface area contributed by atoms with E-state index in [1.54, 1.807) is 15.6 Å². The maximum Gasteiger partial charge on any atom is 0.277 e. The zero-order chi connectivity index (χ0) is 14.9. The van der Waals surface area contributed by atoms with Gasteiger partial charge in [0.25, 0.3) is 5.91 Å². The highest BCUT2D eigenvalue weighted by atomic mass is 79.9. The fourth-order valence-corrected chi connectivity index (χ4v) is 2.28. The van der Waals surface area contributed by atoms with E-state index in [4.69, 9.17) is 0 Å². The van der Waals surface area contributed by atoms with Gasteiger partial charge in [-0.1, -0.05) is 0 Å². The van der Waals surface area contributed by atoms with Gasteiger partial charge in [0.2, 0.25) is 5.95 Å². The summed E-state index contributed by atoms with van der Waals surface area (Å²) in [6.07, 6.45) is 3.03. The van der Waals surface area contributed by atoms with Gasteiger partial charge in [-0.2, -0.15) is 15.2 Å². The Balaban J connectivity index is 2.29. The van der Waals surface area contributed by atoms with Gasteiger partial charge >= 0.3 is 0 Å². The lowest BCUT2D eigenvalue weighted by molar-refractivity contribution is 0.101. The second kappa shape index (κ2) is 5.35. The largest absolute Gasteiger partial charge is 0.289 e. The number of aromatic nitrogens is 5. The van der Waals surface area contributed by atoms with Crippen LogP contribution in [0.15, 0.2) is 17.0 Å². The van der Waals surface area contributed by atoms with E-state index in [1.165, 1.54) is 6.33 Å². The van der Waals surface area contributed by atoms with Crippen LogP contribution in [-0.2, 0) is 12.1 Å². The van der Waals surface area contributed by atoms with Crippen LogP contribution in [0.5, 0.6) is 0 Å². The van der Waals surface area contributed by atoms with Crippen molar-refractivity contribution in [2.24, 2.45) is 0 Å². The molecule has 0 aliphatic heterocycles. The quantitative estimate of drug-likeness (QED) is 0.929. The monoisotopic (exact) mass is 340 g/mol. The van der Waals surface area contributed by atoms with Crippen LogP contribution in [0.4, 0.5) is 5.95 Å². The molecule has 0 aliphatic carbocycles. The number of amides is 1. The molecule has 1 amide bonds. The SMILES string of the molecule is CCn1ncc(Br)c1C(=O)Nc1ncnn1C(C)(C)C. The number of anilines is 1. The predicted molar refractivity (Wildman–Crippen MR) is 78.6 cm³/mol. The van der Waals surface area contributed by atoms with Crippen molar-refractivity contribution >= 4 is 27.8 Å². The van der Waals surface area contributed by atoms with Gasteiger partial charge in [0, 0.05) is 6.54 Å². The van der Waals surface area contributed by atoms with E-state index in [0.717, 1.165) is 0 Å². The van der Waals surface area contributed by atoms with E-state index < -0.39 is 0 Å². The van der Waals surface area contributed by atoms with E-state index in [1.807, 2.05) is 27.7 Å². The normalized spacial score (nSPS) is 11.7. The van der Waals surface area contributed by atoms with Crippen molar-refractivity contribution in [1.82, 2.24) is 24.5 Å². The van der Waals surface area contributed by atoms with Crippen LogP contribution in [0.3, 0.4) is 0 Å². The van der Waals surface area contributed by atoms with E-state index in [2.05, 4.69) is 36.4 Å². The maximum absolute atomic E-state index is 12.4. The van der Waals surface area contributed by atoms with E-state index >= 15 is 0 Å². The molecule has 0 aliphatic rings. The lowest BCUT2D eigenvalue weighted by Crippen LogP contribution is -2.28. The number of rotatable bonds is 3. The van der Waals surface area contributed by atoms with Crippen molar-refractivity contribution in [2.45, 2.75) is 39.8 Å². The number of nitrogens with one attached hydrogen (secondary N) is 1. The van der Waals surface area contributed by atoms with Crippen molar-refractivity contribution in [3.63, 3.8) is 0 Å². The van der Waals surface area contributed by atoms with Gasteiger partial charge in [-0.15, -0.1) is 0 Å². The van der Waals surface area contributed by atoms with Crippen molar-refractivity contribution in [2.75, 3.05) is 5.32 Å². The number of carbonyl (C=O) groups is 1. The minimum Gasteiger partial charge on any atom is -0.289 e. The van der Waals surface area contributed by atoms with Gasteiger partial charge in [0.05, 0.1) is 16.2 Å². The number of halogens is 1. The molecule has 0 saturated carbocycles. The van der Waals surface area contributed by atoms with Gasteiger partial charge in [0.1, 0.15) is 12.0 Å². The summed E-state index contributed by atoms with van der Waals surface area (Å²) in [4.78, 5) is 16.5. The first-order chi connectivity index (χ1) is 9.34. The smallest absolute Gasteiger partial charge is 0.277 e. The van der Waals surface area contributed by atoms with Crippen LogP contribution in [0.1, 0.15) is 38.2 Å². The third kappa shape index (κ3) is 2.74. The van der Waals surface area contributed by atoms with Crippen LogP contribution in [-0.4, -0.2) is 30.5 Å². The van der Waals surface area contributed by atoms with Gasteiger partial charge < -0.3 is 0 Å². The van der Waals surface area contributed by atoms with Crippen molar-refractivity contribution in [3.8, 4) is 0 Å². The molecule has 20 heavy (non-hydrogen) atoms. The first-order valence-corrected chi connectivity index (χ1v) is 7.07. The molecule has 0 atom stereocenters. The summed E-state index contributed by atoms with van der Waals surface area (Å²) >= 11 is 3.33. The molecule has 0 spiro atoms. The van der Waals surface area contributed by atoms with Crippen LogP contribution >= 0.6 is 15.9 Å². The summed E-state index contributed by atoms with van der Waals surface area (Å²) in [6.45, 7) is 8.50. The second-order valence-electron chi connectivity index (χ2n) is 5.28. The Labute approximate surface area is 125 Å². The lowest BCUT2D eigenvalue weighted by atomic mass is 10.1. The molecule has 108 valence electrons. The third-order valence-electron chi connectivity index (χ3n) is 2.72. The van der Waals surface area contributed by atoms with E-state index in [9.17, 15) is 4.79 Å². The number of hydrogen-bond donors (Lipinski definition) is 1. The summed E-state index contributed by atoms with van der Waals surface area (Å²) in [6, 6.07) is 0. The van der Waals surface area contributed by atoms with Crippen molar-refractivity contribution in [3.05, 3.63) is 22.7 Å². The van der Waals surface area contributed by atoms with Gasteiger partial charge in [0.15, 0.2) is 0 Å². The molecule has 0 bridgehead atoms. The average molecular weight is 341 g/mol. The Morgan fingerprint density at radius 3 is 2.70 bits per heavy atom. The first-order valence-electron chi connectivity index (χ1n) is 6.27. The topological polar surface area (TPSA) is 77.6 Å². The molecule has 8 heteroatoms. The maximum atomic E-state index is 12.4. The Hall–Kier alpha value is -1.70. The fourth-order valence-electron chi connectivity index (χ4n) is 1.81. The zero-order valence-corrected chi connectivity index (χ0v) is 13.5. The summed E-state index contributed by atoms with van der Waals surface area (Å²) in [7, 11) is 0. The molecule has 7 nitrogen and oxygen atoms in total. The van der Waals surface area contributed by atoms with Crippen molar-refractivity contribution < 1.29 is 4.79 Å². The van der Waals surface area contributed by atoms with Gasteiger partial charge in [-0.25, -0.2) is 4.68 Å². The molecule has 2 aromatic rings. The van der Waals surface area contributed by atoms with Gasteiger partial charge in [-0.05, 0) is 43.6 Å². The third-order valence-corrected chi connectivity index (χ3v) is 3.30. The number of hydrogen-bond acceptors (Lipinski definition) is 4. The number of nitrogens with zero attached hydrogens (tertiary/aromatic N) is 5. The highest BCUT2D eigenvalue weighted by Gasteiger charge is 2.22. The molecular weight excluding hydrogens is 324 g/mol. The molecule has 1 N–H and O–H groups in total. The fraction of sp³-hybridized carbons (Fsp3) is 0.500. The summed E-state index contributed by atoms with van der Waals surface area (Å²) in [5, 5.41) is 11.0. The zero-order valence-electron chi connectivity index (χ0n) is 11.9. The molecule has 0 radical (unpaired) electrons. The van der Waals surface area contributed by atoms with E-state index in [0.29, 0.717) is 22.7 Å².